The highest BCUT2D eigenvalue weighted by Gasteiger charge is 2.51. The monoisotopic (exact) mass is 1320 g/mol. The quantitative estimate of drug-likeness (QED) is 0.0204. The van der Waals surface area contributed by atoms with Crippen LogP contribution in [0.25, 0.3) is 0 Å². The van der Waals surface area contributed by atoms with E-state index in [-0.39, 0.29) is 18.9 Å². The van der Waals surface area contributed by atoms with Crippen LogP contribution in [0.1, 0.15) is 296 Å². The molecule has 0 spiro atoms. The normalized spacial score (nSPS) is 23.1. The molecule has 542 valence electrons. The Kier molecular flexibility index (Phi) is 58.2. The van der Waals surface area contributed by atoms with E-state index >= 15 is 0 Å². The van der Waals surface area contributed by atoms with Gasteiger partial charge in [-0.15, -0.1) is 0 Å². The van der Waals surface area contributed by atoms with Crippen LogP contribution in [0.2, 0.25) is 0 Å². The molecule has 9 N–H and O–H groups in total. The summed E-state index contributed by atoms with van der Waals surface area (Å²) < 4.78 is 22.9. The lowest BCUT2D eigenvalue weighted by Crippen LogP contribution is -2.65. The van der Waals surface area contributed by atoms with Gasteiger partial charge in [0.05, 0.1) is 32.0 Å². The summed E-state index contributed by atoms with van der Waals surface area (Å²) in [6, 6.07) is -0.845. The van der Waals surface area contributed by atoms with Gasteiger partial charge in [0, 0.05) is 6.42 Å². The van der Waals surface area contributed by atoms with Crippen LogP contribution in [0.4, 0.5) is 0 Å². The second-order valence-electron chi connectivity index (χ2n) is 26.4. The molecular weight excluding hydrogens is 1180 g/mol. The maximum Gasteiger partial charge on any atom is 0.220 e. The fraction of sp³-hybridized carbons (Fsp3) is 0.762. The van der Waals surface area contributed by atoms with E-state index in [1.807, 2.05) is 0 Å². The highest BCUT2D eigenvalue weighted by molar-refractivity contribution is 5.76. The number of amides is 1. The maximum atomic E-state index is 13.4. The largest absolute Gasteiger partial charge is 0.394 e. The summed E-state index contributed by atoms with van der Waals surface area (Å²) in [6.45, 7) is 2.77. The van der Waals surface area contributed by atoms with E-state index in [4.69, 9.17) is 18.9 Å². The molecule has 1 amide bonds. The molecule has 94 heavy (non-hydrogen) atoms. The molecule has 2 saturated heterocycles. The first-order chi connectivity index (χ1) is 46.1. The number of rotatable bonds is 62. The van der Waals surface area contributed by atoms with Gasteiger partial charge in [-0.3, -0.25) is 4.79 Å². The number of hydrogen-bond donors (Lipinski definition) is 9. The smallest absolute Gasteiger partial charge is 0.220 e. The van der Waals surface area contributed by atoms with Crippen LogP contribution in [0.15, 0.2) is 109 Å². The molecule has 12 atom stereocenters. The Morgan fingerprint density at radius 3 is 1.13 bits per heavy atom. The van der Waals surface area contributed by atoms with Crippen molar-refractivity contribution in [1.82, 2.24) is 5.32 Å². The highest BCUT2D eigenvalue weighted by atomic mass is 16.7. The third-order valence-corrected chi connectivity index (χ3v) is 18.0. The van der Waals surface area contributed by atoms with Crippen LogP contribution in [0.5, 0.6) is 0 Å². The van der Waals surface area contributed by atoms with Gasteiger partial charge in [0.25, 0.3) is 0 Å². The molecule has 14 heteroatoms. The van der Waals surface area contributed by atoms with Gasteiger partial charge in [-0.25, -0.2) is 0 Å². The number of carbonyl (C=O) groups excluding carboxylic acids is 1. The van der Waals surface area contributed by atoms with Crippen molar-refractivity contribution < 1.29 is 64.6 Å². The lowest BCUT2D eigenvalue weighted by Gasteiger charge is -2.46. The summed E-state index contributed by atoms with van der Waals surface area (Å²) in [5.41, 5.74) is 0. The average Bonchev–Trinajstić information content (AvgIpc) is 0.794. The predicted molar refractivity (Wildman–Crippen MR) is 387 cm³/mol. The molecule has 2 rings (SSSR count). The second kappa shape index (κ2) is 63.1. The van der Waals surface area contributed by atoms with Crippen molar-refractivity contribution in [2.45, 2.75) is 370 Å². The van der Waals surface area contributed by atoms with Gasteiger partial charge in [0.2, 0.25) is 5.91 Å². The first-order valence-electron chi connectivity index (χ1n) is 38.1. The minimum Gasteiger partial charge on any atom is -0.394 e. The standard InChI is InChI=1S/C80H139NO13/c1-3-5-7-9-11-13-15-17-19-21-23-25-27-29-30-31-32-33-34-35-36-37-38-40-42-44-46-48-50-52-54-56-58-60-62-64-72(85)81-68(67-91-79-77(90)75(88)78(71(66-83)93-79)94-80-76(89)74(87)73(86)70(65-82)92-80)69(84)63-61-59-57-55-53-51-49-47-45-43-41-39-28-26-24-22-20-18-16-14-12-10-8-6-4-2/h5,7,11,13,17,19,23,25,29-30,32-33,35-36,38,40,44,46,68-71,73-80,82-84,86-90H,3-4,6,8-10,12,14-16,18,20-22,24,26-28,31,34,37,39,41-43,45,47-67H2,1-2H3,(H,81,85)/b7-5-,13-11-,19-17-,25-23-,30-29-,33-32-,36-35-,40-38-,46-44-. The Balaban J connectivity index is 1.65. The summed E-state index contributed by atoms with van der Waals surface area (Å²) in [4.78, 5) is 13.4. The minimum atomic E-state index is -1.79. The zero-order chi connectivity index (χ0) is 68.0. The van der Waals surface area contributed by atoms with Crippen molar-refractivity contribution in [3.63, 3.8) is 0 Å². The molecule has 0 bridgehead atoms. The fourth-order valence-electron chi connectivity index (χ4n) is 12.0. The van der Waals surface area contributed by atoms with E-state index in [2.05, 4.69) is 129 Å². The van der Waals surface area contributed by atoms with Crippen LogP contribution in [0, 0.1) is 0 Å². The molecule has 0 aliphatic carbocycles. The number of allylic oxidation sites excluding steroid dienone is 18. The van der Waals surface area contributed by atoms with E-state index in [1.165, 1.54) is 141 Å². The molecule has 2 fully saturated rings. The Morgan fingerprint density at radius 1 is 0.394 bits per heavy atom. The van der Waals surface area contributed by atoms with Crippen molar-refractivity contribution in [2.75, 3.05) is 19.8 Å². The number of aliphatic hydroxyl groups is 8. The van der Waals surface area contributed by atoms with Crippen LogP contribution in [-0.2, 0) is 23.7 Å². The van der Waals surface area contributed by atoms with Gasteiger partial charge >= 0.3 is 0 Å². The molecule has 14 nitrogen and oxygen atoms in total. The number of hydrogen-bond acceptors (Lipinski definition) is 13. The van der Waals surface area contributed by atoms with Crippen molar-refractivity contribution in [3.05, 3.63) is 109 Å². The summed E-state index contributed by atoms with van der Waals surface area (Å²) in [5, 5.41) is 87.8. The summed E-state index contributed by atoms with van der Waals surface area (Å²) in [7, 11) is 0. The van der Waals surface area contributed by atoms with Crippen molar-refractivity contribution in [1.29, 1.82) is 0 Å². The Labute approximate surface area is 572 Å². The third-order valence-electron chi connectivity index (χ3n) is 18.0. The first kappa shape index (κ1) is 86.7. The molecule has 12 unspecified atom stereocenters. The van der Waals surface area contributed by atoms with Gasteiger partial charge in [0.1, 0.15) is 48.8 Å². The molecule has 2 aliphatic rings. The topological polar surface area (TPSA) is 228 Å². The maximum absolute atomic E-state index is 13.4. The van der Waals surface area contributed by atoms with E-state index in [0.717, 1.165) is 122 Å². The summed E-state index contributed by atoms with van der Waals surface area (Å²) >= 11 is 0. The van der Waals surface area contributed by atoms with Crippen molar-refractivity contribution >= 4 is 5.91 Å². The summed E-state index contributed by atoms with van der Waals surface area (Å²) in [6.07, 6.45) is 73.9. The Bertz CT molecular complexity index is 2000. The van der Waals surface area contributed by atoms with Crippen LogP contribution in [0.3, 0.4) is 0 Å². The van der Waals surface area contributed by atoms with E-state index in [0.29, 0.717) is 12.8 Å². The van der Waals surface area contributed by atoms with Crippen LogP contribution >= 0.6 is 0 Å². The zero-order valence-corrected chi connectivity index (χ0v) is 59.2. The highest BCUT2D eigenvalue weighted by Crippen LogP contribution is 2.30. The third kappa shape index (κ3) is 46.0. The van der Waals surface area contributed by atoms with Crippen LogP contribution in [-0.4, -0.2) is 140 Å². The summed E-state index contributed by atoms with van der Waals surface area (Å²) in [5.74, 6) is -0.219. The average molecular weight is 1320 g/mol. The van der Waals surface area contributed by atoms with Gasteiger partial charge in [-0.1, -0.05) is 316 Å². The van der Waals surface area contributed by atoms with Gasteiger partial charge in [-0.05, 0) is 83.5 Å². The molecule has 0 saturated carbocycles. The van der Waals surface area contributed by atoms with Gasteiger partial charge < -0.3 is 65.1 Å². The zero-order valence-electron chi connectivity index (χ0n) is 59.2. The minimum absolute atomic E-state index is 0.219. The van der Waals surface area contributed by atoms with E-state index < -0.39 is 86.8 Å². The molecule has 2 heterocycles. The first-order valence-corrected chi connectivity index (χ1v) is 38.1. The van der Waals surface area contributed by atoms with Gasteiger partial charge in [-0.2, -0.15) is 0 Å². The molecule has 0 aromatic rings. The Morgan fingerprint density at radius 2 is 0.734 bits per heavy atom. The molecule has 0 aromatic carbocycles. The van der Waals surface area contributed by atoms with Crippen molar-refractivity contribution in [2.24, 2.45) is 0 Å². The SMILES string of the molecule is CC/C=C\C/C=C\C/C=C\C/C=C\C/C=C\C/C=C\C/C=C\C/C=C\C/C=C\CCCCCCCCCC(=O)NC(COC1OC(CO)C(OC2OC(CO)C(O)C(O)C2O)C(O)C1O)C(O)CCCCCCCCCCCCCCCCCCCCCCCCCCC. The number of carbonyl (C=O) groups is 1. The fourth-order valence-corrected chi connectivity index (χ4v) is 12.0. The lowest BCUT2D eigenvalue weighted by molar-refractivity contribution is -0.359. The number of unbranched alkanes of at least 4 members (excludes halogenated alkanes) is 31. The van der Waals surface area contributed by atoms with Crippen LogP contribution < -0.4 is 5.32 Å². The molecule has 0 aromatic heterocycles. The number of ether oxygens (including phenoxy) is 4. The second-order valence-corrected chi connectivity index (χ2v) is 26.4. The molecule has 0 radical (unpaired) electrons. The molecule has 2 aliphatic heterocycles. The van der Waals surface area contributed by atoms with E-state index in [1.54, 1.807) is 0 Å². The lowest BCUT2D eigenvalue weighted by atomic mass is 9.97. The number of aliphatic hydroxyl groups excluding tert-OH is 8. The predicted octanol–water partition coefficient (Wildman–Crippen LogP) is 16.7. The van der Waals surface area contributed by atoms with Crippen molar-refractivity contribution in [3.8, 4) is 0 Å². The Hall–Kier alpha value is -3.35. The van der Waals surface area contributed by atoms with E-state index in [9.17, 15) is 45.6 Å². The van der Waals surface area contributed by atoms with Gasteiger partial charge in [0.15, 0.2) is 12.6 Å². The molecular formula is C80H139NO13. The number of nitrogens with one attached hydrogen (secondary N) is 1.